The molecule has 0 spiro atoms. The standard InChI is InChI=1S/C10H17NO2/c12-10-3-2-9(8-10)11-4-1-6-13-7-5-11/h9H,1-8H2. The van der Waals surface area contributed by atoms with Gasteiger partial charge in [0.25, 0.3) is 0 Å². The van der Waals surface area contributed by atoms with E-state index >= 15 is 0 Å². The summed E-state index contributed by atoms with van der Waals surface area (Å²) in [5.74, 6) is 0.440. The molecule has 0 N–H and O–H groups in total. The fraction of sp³-hybridized carbons (Fsp3) is 0.900. The maximum atomic E-state index is 11.1. The molecule has 1 heterocycles. The Morgan fingerprint density at radius 3 is 3.00 bits per heavy atom. The predicted octanol–water partition coefficient (Wildman–Crippen LogP) is 0.830. The number of ether oxygens (including phenoxy) is 1. The fourth-order valence-corrected chi connectivity index (χ4v) is 2.24. The Morgan fingerprint density at radius 2 is 2.23 bits per heavy atom. The lowest BCUT2D eigenvalue weighted by Crippen LogP contribution is -2.35. The van der Waals surface area contributed by atoms with Crippen LogP contribution >= 0.6 is 0 Å². The van der Waals surface area contributed by atoms with Gasteiger partial charge in [0.05, 0.1) is 6.61 Å². The van der Waals surface area contributed by atoms with Crippen molar-refractivity contribution >= 4 is 5.78 Å². The Balaban J connectivity index is 1.87. The molecule has 1 saturated heterocycles. The van der Waals surface area contributed by atoms with Gasteiger partial charge in [-0.3, -0.25) is 9.69 Å². The molecule has 13 heavy (non-hydrogen) atoms. The number of nitrogens with zero attached hydrogens (tertiary/aromatic N) is 1. The molecular formula is C10H17NO2. The van der Waals surface area contributed by atoms with Gasteiger partial charge in [-0.25, -0.2) is 0 Å². The maximum absolute atomic E-state index is 11.1. The van der Waals surface area contributed by atoms with Crippen molar-refractivity contribution in [3.8, 4) is 0 Å². The molecule has 0 aromatic heterocycles. The Labute approximate surface area is 79.0 Å². The molecule has 0 aromatic rings. The van der Waals surface area contributed by atoms with E-state index in [1.807, 2.05) is 0 Å². The lowest BCUT2D eigenvalue weighted by molar-refractivity contribution is -0.117. The topological polar surface area (TPSA) is 29.5 Å². The Kier molecular flexibility index (Phi) is 2.96. The zero-order valence-corrected chi connectivity index (χ0v) is 8.00. The van der Waals surface area contributed by atoms with Gasteiger partial charge in [0.15, 0.2) is 0 Å². The highest BCUT2D eigenvalue weighted by Crippen LogP contribution is 2.21. The molecule has 2 fully saturated rings. The van der Waals surface area contributed by atoms with E-state index in [0.29, 0.717) is 11.8 Å². The van der Waals surface area contributed by atoms with E-state index in [0.717, 1.165) is 52.0 Å². The van der Waals surface area contributed by atoms with Crippen molar-refractivity contribution in [3.05, 3.63) is 0 Å². The molecule has 1 unspecified atom stereocenters. The van der Waals surface area contributed by atoms with Gasteiger partial charge in [-0.2, -0.15) is 0 Å². The SMILES string of the molecule is O=C1CCC(N2CCCOCC2)C1. The average molecular weight is 183 g/mol. The van der Waals surface area contributed by atoms with Crippen molar-refractivity contribution in [1.82, 2.24) is 4.90 Å². The first-order chi connectivity index (χ1) is 6.36. The summed E-state index contributed by atoms with van der Waals surface area (Å²) in [5.41, 5.74) is 0. The van der Waals surface area contributed by atoms with Crippen LogP contribution in [0.2, 0.25) is 0 Å². The van der Waals surface area contributed by atoms with Crippen LogP contribution in [0.25, 0.3) is 0 Å². The van der Waals surface area contributed by atoms with Gasteiger partial charge >= 0.3 is 0 Å². The van der Waals surface area contributed by atoms with E-state index in [4.69, 9.17) is 4.74 Å². The maximum Gasteiger partial charge on any atom is 0.134 e. The van der Waals surface area contributed by atoms with Crippen LogP contribution in [-0.4, -0.2) is 43.0 Å². The van der Waals surface area contributed by atoms with Crippen molar-refractivity contribution in [3.63, 3.8) is 0 Å². The second-order valence-corrected chi connectivity index (χ2v) is 3.94. The summed E-state index contributed by atoms with van der Waals surface area (Å²) in [6.45, 7) is 3.84. The van der Waals surface area contributed by atoms with Crippen LogP contribution in [0.1, 0.15) is 25.7 Å². The largest absolute Gasteiger partial charge is 0.380 e. The quantitative estimate of drug-likeness (QED) is 0.603. The van der Waals surface area contributed by atoms with Crippen LogP contribution < -0.4 is 0 Å². The number of hydrogen-bond donors (Lipinski definition) is 0. The van der Waals surface area contributed by atoms with Crippen LogP contribution in [0.3, 0.4) is 0 Å². The van der Waals surface area contributed by atoms with Crippen LogP contribution in [-0.2, 0) is 9.53 Å². The molecule has 74 valence electrons. The number of rotatable bonds is 1. The van der Waals surface area contributed by atoms with Gasteiger partial charge in [-0.15, -0.1) is 0 Å². The second kappa shape index (κ2) is 4.20. The van der Waals surface area contributed by atoms with Crippen molar-refractivity contribution in [1.29, 1.82) is 0 Å². The molecule has 2 aliphatic rings. The van der Waals surface area contributed by atoms with E-state index < -0.39 is 0 Å². The van der Waals surface area contributed by atoms with Crippen molar-refractivity contribution in [2.45, 2.75) is 31.7 Å². The van der Waals surface area contributed by atoms with Gasteiger partial charge in [0.2, 0.25) is 0 Å². The molecule has 2 rings (SSSR count). The van der Waals surface area contributed by atoms with Crippen LogP contribution in [0.15, 0.2) is 0 Å². The molecule has 0 radical (unpaired) electrons. The number of carbonyl (C=O) groups excluding carboxylic acids is 1. The predicted molar refractivity (Wildman–Crippen MR) is 49.7 cm³/mol. The van der Waals surface area contributed by atoms with Gasteiger partial charge in [-0.05, 0) is 12.8 Å². The van der Waals surface area contributed by atoms with Crippen LogP contribution in [0.4, 0.5) is 0 Å². The number of carbonyl (C=O) groups is 1. The normalized spacial score (nSPS) is 32.0. The summed E-state index contributed by atoms with van der Waals surface area (Å²) in [7, 11) is 0. The zero-order valence-electron chi connectivity index (χ0n) is 8.00. The number of ketones is 1. The summed E-state index contributed by atoms with van der Waals surface area (Å²) in [5, 5.41) is 0. The molecule has 1 atom stereocenters. The zero-order chi connectivity index (χ0) is 9.10. The van der Waals surface area contributed by atoms with Gasteiger partial charge < -0.3 is 4.74 Å². The Hall–Kier alpha value is -0.410. The molecule has 1 aliphatic carbocycles. The average Bonchev–Trinajstić information content (AvgIpc) is 2.43. The first kappa shape index (κ1) is 9.16. The Morgan fingerprint density at radius 1 is 1.31 bits per heavy atom. The van der Waals surface area contributed by atoms with E-state index in [1.165, 1.54) is 0 Å². The fourth-order valence-electron chi connectivity index (χ4n) is 2.24. The van der Waals surface area contributed by atoms with E-state index in [1.54, 1.807) is 0 Å². The summed E-state index contributed by atoms with van der Waals surface area (Å²) < 4.78 is 5.38. The minimum atomic E-state index is 0.440. The molecule has 3 nitrogen and oxygen atoms in total. The molecular weight excluding hydrogens is 166 g/mol. The van der Waals surface area contributed by atoms with Crippen LogP contribution in [0, 0.1) is 0 Å². The van der Waals surface area contributed by atoms with Gasteiger partial charge in [0.1, 0.15) is 5.78 Å². The summed E-state index contributed by atoms with van der Waals surface area (Å²) in [4.78, 5) is 13.6. The lowest BCUT2D eigenvalue weighted by atomic mass is 10.2. The monoisotopic (exact) mass is 183 g/mol. The van der Waals surface area contributed by atoms with E-state index in [9.17, 15) is 4.79 Å². The van der Waals surface area contributed by atoms with Gasteiger partial charge in [-0.1, -0.05) is 0 Å². The van der Waals surface area contributed by atoms with Crippen molar-refractivity contribution in [2.24, 2.45) is 0 Å². The third-order valence-electron chi connectivity index (χ3n) is 2.99. The van der Waals surface area contributed by atoms with Crippen molar-refractivity contribution in [2.75, 3.05) is 26.3 Å². The minimum absolute atomic E-state index is 0.440. The highest BCUT2D eigenvalue weighted by Gasteiger charge is 2.27. The minimum Gasteiger partial charge on any atom is -0.380 e. The molecule has 0 amide bonds. The highest BCUT2D eigenvalue weighted by atomic mass is 16.5. The molecule has 3 heteroatoms. The third kappa shape index (κ3) is 2.29. The molecule has 1 saturated carbocycles. The molecule has 0 aromatic carbocycles. The van der Waals surface area contributed by atoms with Crippen LogP contribution in [0.5, 0.6) is 0 Å². The Bertz CT molecular complexity index is 185. The summed E-state index contributed by atoms with van der Waals surface area (Å²) in [6.07, 6.45) is 3.76. The lowest BCUT2D eigenvalue weighted by Gasteiger charge is -2.25. The first-order valence-electron chi connectivity index (χ1n) is 5.20. The molecule has 1 aliphatic heterocycles. The summed E-state index contributed by atoms with van der Waals surface area (Å²) in [6, 6.07) is 0.522. The number of hydrogen-bond acceptors (Lipinski definition) is 3. The number of Topliss-reactive ketones (excluding diaryl/α,β-unsaturated/α-hetero) is 1. The first-order valence-corrected chi connectivity index (χ1v) is 5.20. The van der Waals surface area contributed by atoms with E-state index in [2.05, 4.69) is 4.90 Å². The summed E-state index contributed by atoms with van der Waals surface area (Å²) >= 11 is 0. The highest BCUT2D eigenvalue weighted by molar-refractivity contribution is 5.81. The molecule has 0 bridgehead atoms. The smallest absolute Gasteiger partial charge is 0.134 e. The van der Waals surface area contributed by atoms with Crippen molar-refractivity contribution < 1.29 is 9.53 Å². The second-order valence-electron chi connectivity index (χ2n) is 3.94. The third-order valence-corrected chi connectivity index (χ3v) is 2.99. The van der Waals surface area contributed by atoms with Gasteiger partial charge in [0, 0.05) is 38.6 Å². The van der Waals surface area contributed by atoms with E-state index in [-0.39, 0.29) is 0 Å².